The summed E-state index contributed by atoms with van der Waals surface area (Å²) < 4.78 is 13.6. The van der Waals surface area contributed by atoms with E-state index in [4.69, 9.17) is 5.73 Å². The number of hydrogen-bond acceptors (Lipinski definition) is 3. The second kappa shape index (κ2) is 4.51. The highest BCUT2D eigenvalue weighted by Gasteiger charge is 2.12. The second-order valence-electron chi connectivity index (χ2n) is 3.40. The molecule has 2 N–H and O–H groups in total. The Bertz CT molecular complexity index is 587. The van der Waals surface area contributed by atoms with Gasteiger partial charge in [-0.1, -0.05) is 25.3 Å². The van der Waals surface area contributed by atoms with Crippen molar-refractivity contribution in [1.29, 1.82) is 0 Å². The van der Waals surface area contributed by atoms with Crippen LogP contribution in [-0.4, -0.2) is 4.98 Å². The zero-order chi connectivity index (χ0) is 12.4. The Morgan fingerprint density at radius 3 is 2.47 bits per heavy atom. The molecule has 2 aromatic rings. The standard InChI is InChI=1S/C13H11FN2S/c1-3-8-9(4-2)11(14)6-5-10(8)12-7-17-13(15)16-12/h3-7H,1-2H2,(H2,15,16). The minimum atomic E-state index is -0.318. The second-order valence-corrected chi connectivity index (χ2v) is 4.29. The van der Waals surface area contributed by atoms with Gasteiger partial charge in [-0.05, 0) is 17.7 Å². The summed E-state index contributed by atoms with van der Waals surface area (Å²) in [5, 5.41) is 2.32. The van der Waals surface area contributed by atoms with Crippen molar-refractivity contribution in [2.24, 2.45) is 0 Å². The van der Waals surface area contributed by atoms with Crippen molar-refractivity contribution >= 4 is 28.6 Å². The molecule has 1 aromatic heterocycles. The van der Waals surface area contributed by atoms with Crippen molar-refractivity contribution in [3.63, 3.8) is 0 Å². The summed E-state index contributed by atoms with van der Waals surface area (Å²) in [7, 11) is 0. The fourth-order valence-corrected chi connectivity index (χ4v) is 2.23. The van der Waals surface area contributed by atoms with Crippen LogP contribution in [0, 0.1) is 5.82 Å². The fraction of sp³-hybridized carbons (Fsp3) is 0. The molecule has 0 fully saturated rings. The Balaban J connectivity index is 2.70. The van der Waals surface area contributed by atoms with Gasteiger partial charge in [-0.15, -0.1) is 11.3 Å². The van der Waals surface area contributed by atoms with E-state index in [-0.39, 0.29) is 5.82 Å². The van der Waals surface area contributed by atoms with Gasteiger partial charge in [-0.2, -0.15) is 0 Å². The van der Waals surface area contributed by atoms with Crippen molar-refractivity contribution in [1.82, 2.24) is 4.98 Å². The summed E-state index contributed by atoms with van der Waals surface area (Å²) in [4.78, 5) is 4.19. The molecule has 0 saturated heterocycles. The molecule has 0 atom stereocenters. The van der Waals surface area contributed by atoms with Gasteiger partial charge in [-0.3, -0.25) is 0 Å². The molecule has 4 heteroatoms. The third kappa shape index (κ3) is 1.99. The van der Waals surface area contributed by atoms with Gasteiger partial charge in [0.05, 0.1) is 5.69 Å². The molecule has 86 valence electrons. The SMILES string of the molecule is C=Cc1c(F)ccc(-c2csc(N)n2)c1C=C. The van der Waals surface area contributed by atoms with E-state index in [2.05, 4.69) is 18.1 Å². The quantitative estimate of drug-likeness (QED) is 0.894. The monoisotopic (exact) mass is 246 g/mol. The van der Waals surface area contributed by atoms with E-state index in [9.17, 15) is 4.39 Å². The Labute approximate surface area is 103 Å². The normalized spacial score (nSPS) is 10.2. The molecule has 1 aromatic carbocycles. The molecule has 0 spiro atoms. The molecule has 1 heterocycles. The van der Waals surface area contributed by atoms with E-state index in [1.165, 1.54) is 23.5 Å². The largest absolute Gasteiger partial charge is 0.375 e. The zero-order valence-electron chi connectivity index (χ0n) is 9.11. The van der Waals surface area contributed by atoms with Crippen LogP contribution >= 0.6 is 11.3 Å². The number of rotatable bonds is 3. The Morgan fingerprint density at radius 2 is 1.94 bits per heavy atom. The molecule has 0 amide bonds. The highest BCUT2D eigenvalue weighted by atomic mass is 32.1. The number of nitrogen functional groups attached to an aromatic ring is 1. The minimum Gasteiger partial charge on any atom is -0.375 e. The average Bonchev–Trinajstić information content (AvgIpc) is 2.75. The van der Waals surface area contributed by atoms with E-state index in [0.717, 1.165) is 11.3 Å². The number of nitrogens with two attached hydrogens (primary N) is 1. The van der Waals surface area contributed by atoms with Crippen LogP contribution in [0.4, 0.5) is 9.52 Å². The Hall–Kier alpha value is -1.94. The van der Waals surface area contributed by atoms with Gasteiger partial charge in [0.1, 0.15) is 5.82 Å². The highest BCUT2D eigenvalue weighted by Crippen LogP contribution is 2.31. The molecular formula is C13H11FN2S. The van der Waals surface area contributed by atoms with Crippen molar-refractivity contribution in [3.05, 3.63) is 47.6 Å². The molecule has 0 bridgehead atoms. The summed E-state index contributed by atoms with van der Waals surface area (Å²) in [5.41, 5.74) is 8.25. The predicted molar refractivity (Wildman–Crippen MR) is 72.1 cm³/mol. The summed E-state index contributed by atoms with van der Waals surface area (Å²) in [6, 6.07) is 3.07. The maximum Gasteiger partial charge on any atom is 0.180 e. The van der Waals surface area contributed by atoms with Gasteiger partial charge in [0, 0.05) is 16.5 Å². The number of aromatic nitrogens is 1. The highest BCUT2D eigenvalue weighted by molar-refractivity contribution is 7.13. The minimum absolute atomic E-state index is 0.318. The van der Waals surface area contributed by atoms with Gasteiger partial charge >= 0.3 is 0 Å². The molecule has 2 nitrogen and oxygen atoms in total. The van der Waals surface area contributed by atoms with Crippen molar-refractivity contribution < 1.29 is 4.39 Å². The summed E-state index contributed by atoms with van der Waals surface area (Å²) in [6.45, 7) is 7.31. The molecule has 0 unspecified atom stereocenters. The smallest absolute Gasteiger partial charge is 0.180 e. The predicted octanol–water partition coefficient (Wildman–Crippen LogP) is 3.82. The number of hydrogen-bond donors (Lipinski definition) is 1. The molecule has 0 saturated carbocycles. The average molecular weight is 246 g/mol. The zero-order valence-corrected chi connectivity index (χ0v) is 9.93. The first-order chi connectivity index (χ1) is 8.17. The van der Waals surface area contributed by atoms with Gasteiger partial charge < -0.3 is 5.73 Å². The third-order valence-corrected chi connectivity index (χ3v) is 3.11. The topological polar surface area (TPSA) is 38.9 Å². The van der Waals surface area contributed by atoms with Crippen LogP contribution in [-0.2, 0) is 0 Å². The van der Waals surface area contributed by atoms with Gasteiger partial charge in [0.2, 0.25) is 0 Å². The fourth-order valence-electron chi connectivity index (χ4n) is 1.67. The van der Waals surface area contributed by atoms with Crippen LogP contribution < -0.4 is 5.73 Å². The first-order valence-electron chi connectivity index (χ1n) is 4.96. The molecule has 0 aliphatic rings. The number of thiazole rings is 1. The Morgan fingerprint density at radius 1 is 1.24 bits per heavy atom. The first kappa shape index (κ1) is 11.5. The number of benzene rings is 1. The maximum atomic E-state index is 13.6. The third-order valence-electron chi connectivity index (χ3n) is 2.44. The van der Waals surface area contributed by atoms with E-state index in [1.807, 2.05) is 5.38 Å². The number of nitrogens with zero attached hydrogens (tertiary/aromatic N) is 1. The van der Waals surface area contributed by atoms with Crippen LogP contribution in [0.15, 0.2) is 30.7 Å². The maximum absolute atomic E-state index is 13.6. The van der Waals surface area contributed by atoms with Gasteiger partial charge in [-0.25, -0.2) is 9.37 Å². The lowest BCUT2D eigenvalue weighted by Gasteiger charge is -2.08. The lowest BCUT2D eigenvalue weighted by atomic mass is 9.98. The summed E-state index contributed by atoms with van der Waals surface area (Å²) in [5.74, 6) is -0.318. The first-order valence-corrected chi connectivity index (χ1v) is 5.84. The summed E-state index contributed by atoms with van der Waals surface area (Å²) >= 11 is 1.35. The Kier molecular flexibility index (Phi) is 3.06. The van der Waals surface area contributed by atoms with Crippen LogP contribution in [0.25, 0.3) is 23.4 Å². The number of anilines is 1. The van der Waals surface area contributed by atoms with Crippen LogP contribution in [0.5, 0.6) is 0 Å². The molecule has 2 rings (SSSR count). The molecule has 17 heavy (non-hydrogen) atoms. The molecule has 0 aliphatic carbocycles. The molecular weight excluding hydrogens is 235 g/mol. The molecule has 0 aliphatic heterocycles. The van der Waals surface area contributed by atoms with Crippen molar-refractivity contribution in [2.45, 2.75) is 0 Å². The lowest BCUT2D eigenvalue weighted by Crippen LogP contribution is -1.92. The van der Waals surface area contributed by atoms with Crippen LogP contribution in [0.1, 0.15) is 11.1 Å². The van der Waals surface area contributed by atoms with E-state index in [0.29, 0.717) is 16.3 Å². The van der Waals surface area contributed by atoms with Gasteiger partial charge in [0.25, 0.3) is 0 Å². The van der Waals surface area contributed by atoms with Crippen molar-refractivity contribution in [3.8, 4) is 11.3 Å². The van der Waals surface area contributed by atoms with Gasteiger partial charge in [0.15, 0.2) is 5.13 Å². The number of halogens is 1. The van der Waals surface area contributed by atoms with E-state index < -0.39 is 0 Å². The van der Waals surface area contributed by atoms with Crippen LogP contribution in [0.2, 0.25) is 0 Å². The summed E-state index contributed by atoms with van der Waals surface area (Å²) in [6.07, 6.45) is 3.08. The van der Waals surface area contributed by atoms with Crippen LogP contribution in [0.3, 0.4) is 0 Å². The van der Waals surface area contributed by atoms with E-state index in [1.54, 1.807) is 12.1 Å². The molecule has 0 radical (unpaired) electrons. The van der Waals surface area contributed by atoms with E-state index >= 15 is 0 Å². The van der Waals surface area contributed by atoms with Crippen molar-refractivity contribution in [2.75, 3.05) is 5.73 Å². The lowest BCUT2D eigenvalue weighted by molar-refractivity contribution is 0.625.